The summed E-state index contributed by atoms with van der Waals surface area (Å²) < 4.78 is 27.9. The maximum Gasteiger partial charge on any atom is 0.243 e. The SMILES string of the molecule is CCN(CCCNC(=O)CN1C(=O)CSc2ccc(S(=O)(=O)N3CCCCC3)cc21)c1cccc(C)c1. The molecule has 37 heavy (non-hydrogen) atoms. The first-order valence-corrected chi connectivity index (χ1v) is 15.4. The largest absolute Gasteiger partial charge is 0.372 e. The van der Waals surface area contributed by atoms with Gasteiger partial charge in [0, 0.05) is 43.3 Å². The number of hydrogen-bond donors (Lipinski definition) is 1. The van der Waals surface area contributed by atoms with Gasteiger partial charge in [0.1, 0.15) is 6.54 Å². The summed E-state index contributed by atoms with van der Waals surface area (Å²) in [6, 6.07) is 13.3. The molecule has 2 heterocycles. The number of carbonyl (C=O) groups excluding carboxylic acids is 2. The van der Waals surface area contributed by atoms with E-state index < -0.39 is 10.0 Å². The fourth-order valence-electron chi connectivity index (χ4n) is 4.76. The summed E-state index contributed by atoms with van der Waals surface area (Å²) in [6.07, 6.45) is 3.51. The lowest BCUT2D eigenvalue weighted by atomic mass is 10.2. The summed E-state index contributed by atoms with van der Waals surface area (Å²) in [4.78, 5) is 30.2. The maximum atomic E-state index is 13.2. The molecule has 200 valence electrons. The normalized spacial score (nSPS) is 16.4. The molecule has 2 aromatic carbocycles. The number of anilines is 2. The minimum absolute atomic E-state index is 0.130. The van der Waals surface area contributed by atoms with Crippen molar-refractivity contribution in [2.45, 2.75) is 49.3 Å². The van der Waals surface area contributed by atoms with Crippen LogP contribution in [0, 0.1) is 6.92 Å². The summed E-state index contributed by atoms with van der Waals surface area (Å²) >= 11 is 1.37. The van der Waals surface area contributed by atoms with E-state index in [1.165, 1.54) is 26.5 Å². The molecule has 2 aliphatic rings. The van der Waals surface area contributed by atoms with Gasteiger partial charge in [-0.05, 0) is 69.0 Å². The van der Waals surface area contributed by atoms with E-state index in [0.29, 0.717) is 25.3 Å². The highest BCUT2D eigenvalue weighted by Crippen LogP contribution is 2.37. The molecule has 10 heteroatoms. The standard InChI is InChI=1S/C27H36N4O4S2/c1-3-29(22-10-7-9-21(2)17-22)14-8-13-28-26(32)19-31-24-18-23(11-12-25(24)36-20-27(31)33)37(34,35)30-15-5-4-6-16-30/h7,9-12,17-18H,3-6,8,13-16,19-20H2,1-2H3,(H,28,32). The molecule has 1 N–H and O–H groups in total. The molecule has 1 saturated heterocycles. The van der Waals surface area contributed by atoms with E-state index >= 15 is 0 Å². The van der Waals surface area contributed by atoms with Gasteiger partial charge in [-0.2, -0.15) is 4.31 Å². The average molecular weight is 545 g/mol. The van der Waals surface area contributed by atoms with Crippen LogP contribution in [0.2, 0.25) is 0 Å². The Morgan fingerprint density at radius 2 is 1.89 bits per heavy atom. The van der Waals surface area contributed by atoms with Crippen LogP contribution in [-0.4, -0.2) is 69.6 Å². The van der Waals surface area contributed by atoms with Crippen molar-refractivity contribution >= 4 is 45.0 Å². The zero-order valence-electron chi connectivity index (χ0n) is 21.6. The van der Waals surface area contributed by atoms with E-state index in [-0.39, 0.29) is 29.0 Å². The molecule has 0 spiro atoms. The van der Waals surface area contributed by atoms with Crippen LogP contribution in [0.3, 0.4) is 0 Å². The predicted molar refractivity (Wildman–Crippen MR) is 149 cm³/mol. The van der Waals surface area contributed by atoms with Crippen molar-refractivity contribution in [2.24, 2.45) is 0 Å². The van der Waals surface area contributed by atoms with Crippen LogP contribution >= 0.6 is 11.8 Å². The van der Waals surface area contributed by atoms with E-state index in [9.17, 15) is 18.0 Å². The first-order chi connectivity index (χ1) is 17.8. The van der Waals surface area contributed by atoms with E-state index in [1.54, 1.807) is 18.2 Å². The van der Waals surface area contributed by atoms with Gasteiger partial charge >= 0.3 is 0 Å². The Morgan fingerprint density at radius 3 is 2.62 bits per heavy atom. The number of hydrogen-bond acceptors (Lipinski definition) is 6. The average Bonchev–Trinajstić information content (AvgIpc) is 2.90. The Labute approximate surface area is 224 Å². The van der Waals surface area contributed by atoms with Gasteiger partial charge < -0.3 is 15.1 Å². The highest BCUT2D eigenvalue weighted by molar-refractivity contribution is 8.00. The van der Waals surface area contributed by atoms with Crippen LogP contribution in [0.5, 0.6) is 0 Å². The van der Waals surface area contributed by atoms with Crippen molar-refractivity contribution in [3.8, 4) is 0 Å². The van der Waals surface area contributed by atoms with Gasteiger partial charge in [-0.3, -0.25) is 9.59 Å². The second kappa shape index (κ2) is 12.3. The van der Waals surface area contributed by atoms with Crippen molar-refractivity contribution in [3.05, 3.63) is 48.0 Å². The van der Waals surface area contributed by atoms with Gasteiger partial charge in [0.15, 0.2) is 0 Å². The number of fused-ring (bicyclic) bond motifs is 1. The number of rotatable bonds is 10. The molecule has 0 saturated carbocycles. The lowest BCUT2D eigenvalue weighted by molar-refractivity contribution is -0.122. The first kappa shape index (κ1) is 27.5. The third-order valence-corrected chi connectivity index (χ3v) is 9.75. The predicted octanol–water partition coefficient (Wildman–Crippen LogP) is 3.64. The Hall–Kier alpha value is -2.56. The van der Waals surface area contributed by atoms with Crippen molar-refractivity contribution in [3.63, 3.8) is 0 Å². The molecule has 8 nitrogen and oxygen atoms in total. The lowest BCUT2D eigenvalue weighted by Gasteiger charge is -2.30. The maximum absolute atomic E-state index is 13.2. The molecule has 0 aliphatic carbocycles. The fourth-order valence-corrected chi connectivity index (χ4v) is 7.22. The Morgan fingerprint density at radius 1 is 1.11 bits per heavy atom. The smallest absolute Gasteiger partial charge is 0.243 e. The molecule has 0 unspecified atom stereocenters. The summed E-state index contributed by atoms with van der Waals surface area (Å²) in [5, 5.41) is 2.93. The van der Waals surface area contributed by atoms with Gasteiger partial charge in [0.05, 0.1) is 16.3 Å². The number of carbonyl (C=O) groups is 2. The third kappa shape index (κ3) is 6.66. The molecule has 4 rings (SSSR count). The zero-order chi connectivity index (χ0) is 26.4. The Bertz CT molecular complexity index is 1230. The minimum atomic E-state index is -3.64. The molecular formula is C27H36N4O4S2. The molecule has 0 aromatic heterocycles. The number of nitrogens with zero attached hydrogens (tertiary/aromatic N) is 3. The van der Waals surface area contributed by atoms with Crippen molar-refractivity contribution in [1.82, 2.24) is 9.62 Å². The van der Waals surface area contributed by atoms with E-state index in [1.807, 2.05) is 6.07 Å². The molecule has 1 fully saturated rings. The van der Waals surface area contributed by atoms with E-state index in [0.717, 1.165) is 49.4 Å². The molecule has 0 bridgehead atoms. The molecular weight excluding hydrogens is 508 g/mol. The second-order valence-corrected chi connectivity index (χ2v) is 12.4. The highest BCUT2D eigenvalue weighted by Gasteiger charge is 2.31. The quantitative estimate of drug-likeness (QED) is 0.460. The minimum Gasteiger partial charge on any atom is -0.372 e. The molecule has 0 atom stereocenters. The molecule has 2 aliphatic heterocycles. The molecule has 0 radical (unpaired) electrons. The number of amides is 2. The number of piperidine rings is 1. The van der Waals surface area contributed by atoms with Crippen LogP contribution in [0.15, 0.2) is 52.3 Å². The zero-order valence-corrected chi connectivity index (χ0v) is 23.2. The van der Waals surface area contributed by atoms with Crippen molar-refractivity contribution in [1.29, 1.82) is 0 Å². The molecule has 2 amide bonds. The number of thioether (sulfide) groups is 1. The number of sulfonamides is 1. The second-order valence-electron chi connectivity index (χ2n) is 9.49. The summed E-state index contributed by atoms with van der Waals surface area (Å²) in [7, 11) is -3.64. The Balaban J connectivity index is 1.37. The van der Waals surface area contributed by atoms with Crippen molar-refractivity contribution in [2.75, 3.05) is 54.8 Å². The molecule has 2 aromatic rings. The van der Waals surface area contributed by atoms with Crippen LogP contribution in [-0.2, 0) is 19.6 Å². The van der Waals surface area contributed by atoms with Crippen LogP contribution in [0.1, 0.15) is 38.2 Å². The van der Waals surface area contributed by atoms with Crippen molar-refractivity contribution < 1.29 is 18.0 Å². The van der Waals surface area contributed by atoms with Gasteiger partial charge in [0.2, 0.25) is 21.8 Å². The van der Waals surface area contributed by atoms with E-state index in [2.05, 4.69) is 42.3 Å². The van der Waals surface area contributed by atoms with Gasteiger partial charge in [-0.15, -0.1) is 11.8 Å². The third-order valence-electron chi connectivity index (χ3n) is 6.80. The van der Waals surface area contributed by atoms with Gasteiger partial charge in [-0.25, -0.2) is 8.42 Å². The monoisotopic (exact) mass is 544 g/mol. The van der Waals surface area contributed by atoms with Crippen LogP contribution in [0.25, 0.3) is 0 Å². The number of aryl methyl sites for hydroxylation is 1. The van der Waals surface area contributed by atoms with Crippen LogP contribution < -0.4 is 15.1 Å². The lowest BCUT2D eigenvalue weighted by Crippen LogP contribution is -2.44. The van der Waals surface area contributed by atoms with E-state index in [4.69, 9.17) is 0 Å². The Kier molecular flexibility index (Phi) is 9.15. The summed E-state index contributed by atoms with van der Waals surface area (Å²) in [5.74, 6) is -0.230. The highest BCUT2D eigenvalue weighted by atomic mass is 32.2. The van der Waals surface area contributed by atoms with Gasteiger partial charge in [0.25, 0.3) is 0 Å². The fraction of sp³-hybridized carbons (Fsp3) is 0.481. The summed E-state index contributed by atoms with van der Waals surface area (Å²) in [5.41, 5.74) is 2.86. The topological polar surface area (TPSA) is 90.0 Å². The number of nitrogens with one attached hydrogen (secondary N) is 1. The van der Waals surface area contributed by atoms with Gasteiger partial charge in [-0.1, -0.05) is 18.6 Å². The van der Waals surface area contributed by atoms with Crippen LogP contribution in [0.4, 0.5) is 11.4 Å². The summed E-state index contributed by atoms with van der Waals surface area (Å²) in [6.45, 7) is 7.25. The first-order valence-electron chi connectivity index (χ1n) is 13.0. The number of benzene rings is 2.